The molecule has 1 N–H and O–H groups in total. The van der Waals surface area contributed by atoms with E-state index in [1.165, 1.54) is 16.1 Å². The van der Waals surface area contributed by atoms with Crippen molar-refractivity contribution in [1.29, 1.82) is 0 Å². The molecule has 0 saturated heterocycles. The van der Waals surface area contributed by atoms with Crippen molar-refractivity contribution in [2.24, 2.45) is 10.9 Å². The Kier molecular flexibility index (Phi) is 10.9. The SMILES string of the molecule is CCC(CC)C(F)Cn1ccn(CC(=O)c2cc(C(C)(C)C)c(O)c(C(C)(C)C)c2)c1=NC(=O)OCOC(C)=O. The highest BCUT2D eigenvalue weighted by molar-refractivity contribution is 5.96. The molecule has 2 aromatic rings. The molecule has 0 bridgehead atoms. The number of amides is 1. The van der Waals surface area contributed by atoms with Crippen LogP contribution in [-0.2, 0) is 38.2 Å². The predicted molar refractivity (Wildman–Crippen MR) is 150 cm³/mol. The molecule has 0 aliphatic rings. The molecule has 10 heteroatoms. The van der Waals surface area contributed by atoms with Crippen LogP contribution in [0.3, 0.4) is 0 Å². The van der Waals surface area contributed by atoms with Crippen LogP contribution in [0.25, 0.3) is 0 Å². The first-order valence-corrected chi connectivity index (χ1v) is 13.6. The Bertz CT molecular complexity index is 1240. The number of ketones is 1. The zero-order valence-electron chi connectivity index (χ0n) is 25.2. The molecule has 9 nitrogen and oxygen atoms in total. The van der Waals surface area contributed by atoms with Gasteiger partial charge in [-0.15, -0.1) is 4.99 Å². The van der Waals surface area contributed by atoms with Crippen LogP contribution in [0.5, 0.6) is 5.75 Å². The van der Waals surface area contributed by atoms with E-state index in [4.69, 9.17) is 4.74 Å². The lowest BCUT2D eigenvalue weighted by atomic mass is 9.78. The molecule has 0 saturated carbocycles. The van der Waals surface area contributed by atoms with Crippen LogP contribution in [0, 0.1) is 5.92 Å². The number of alkyl halides is 1. The van der Waals surface area contributed by atoms with Gasteiger partial charge in [0.2, 0.25) is 12.4 Å². The summed E-state index contributed by atoms with van der Waals surface area (Å²) >= 11 is 0. The van der Waals surface area contributed by atoms with Gasteiger partial charge < -0.3 is 23.7 Å². The Morgan fingerprint density at radius 3 is 1.95 bits per heavy atom. The van der Waals surface area contributed by atoms with Gasteiger partial charge in [0.15, 0.2) is 5.78 Å². The number of aromatic nitrogens is 2. The van der Waals surface area contributed by atoms with E-state index in [-0.39, 0.29) is 36.2 Å². The van der Waals surface area contributed by atoms with E-state index < -0.39 is 35.9 Å². The third-order valence-corrected chi connectivity index (χ3v) is 6.87. The third-order valence-electron chi connectivity index (χ3n) is 6.87. The molecule has 1 aromatic carbocycles. The van der Waals surface area contributed by atoms with Crippen molar-refractivity contribution in [3.8, 4) is 5.75 Å². The van der Waals surface area contributed by atoms with Crippen molar-refractivity contribution in [3.63, 3.8) is 0 Å². The summed E-state index contributed by atoms with van der Waals surface area (Å²) in [6.45, 7) is 15.9. The van der Waals surface area contributed by atoms with Crippen molar-refractivity contribution in [2.45, 2.75) is 105 Å². The molecule has 1 amide bonds. The molecule has 0 aliphatic carbocycles. The number of carbonyl (C=O) groups excluding carboxylic acids is 3. The van der Waals surface area contributed by atoms with E-state index in [0.29, 0.717) is 29.5 Å². The summed E-state index contributed by atoms with van der Waals surface area (Å²) in [4.78, 5) is 41.0. The first-order valence-electron chi connectivity index (χ1n) is 13.6. The molecular formula is C30H44FN3O6. The summed E-state index contributed by atoms with van der Waals surface area (Å²) in [6, 6.07) is 3.39. The van der Waals surface area contributed by atoms with Gasteiger partial charge in [-0.3, -0.25) is 9.59 Å². The number of Topliss-reactive ketones (excluding diaryl/α,β-unsaturated/α-hetero) is 1. The summed E-state index contributed by atoms with van der Waals surface area (Å²) in [5.74, 6) is -0.914. The molecule has 1 unspecified atom stereocenters. The minimum atomic E-state index is -1.20. The Balaban J connectivity index is 2.54. The number of phenolic OH excluding ortho intramolecular Hbond substituents is 1. The van der Waals surface area contributed by atoms with Gasteiger partial charge in [0.05, 0.1) is 13.1 Å². The number of carbonyl (C=O) groups is 3. The van der Waals surface area contributed by atoms with Gasteiger partial charge in [-0.2, -0.15) is 0 Å². The van der Waals surface area contributed by atoms with Crippen LogP contribution in [-0.4, -0.2) is 45.1 Å². The number of benzene rings is 1. The van der Waals surface area contributed by atoms with E-state index in [1.807, 2.05) is 55.4 Å². The number of nitrogens with zero attached hydrogens (tertiary/aromatic N) is 3. The molecule has 0 spiro atoms. The van der Waals surface area contributed by atoms with Crippen molar-refractivity contribution >= 4 is 17.8 Å². The minimum absolute atomic E-state index is 0.0284. The normalized spacial score (nSPS) is 13.4. The van der Waals surface area contributed by atoms with Crippen molar-refractivity contribution < 1.29 is 33.4 Å². The number of halogens is 1. The molecular weight excluding hydrogens is 517 g/mol. The molecule has 1 heterocycles. The van der Waals surface area contributed by atoms with E-state index >= 15 is 4.39 Å². The number of esters is 1. The Labute approximate surface area is 236 Å². The number of rotatable bonds is 10. The maximum absolute atomic E-state index is 15.1. The lowest BCUT2D eigenvalue weighted by Crippen LogP contribution is -2.33. The number of imidazole rings is 1. The zero-order valence-corrected chi connectivity index (χ0v) is 25.2. The maximum Gasteiger partial charge on any atom is 0.439 e. The van der Waals surface area contributed by atoms with E-state index in [2.05, 4.69) is 9.73 Å². The molecule has 222 valence electrons. The van der Waals surface area contributed by atoms with Gasteiger partial charge in [0.25, 0.3) is 0 Å². The maximum atomic E-state index is 15.1. The highest BCUT2D eigenvalue weighted by atomic mass is 19.1. The largest absolute Gasteiger partial charge is 0.507 e. The molecule has 0 fully saturated rings. The number of aromatic hydroxyl groups is 1. The average molecular weight is 562 g/mol. The van der Waals surface area contributed by atoms with Crippen LogP contribution in [0.2, 0.25) is 0 Å². The Morgan fingerprint density at radius 1 is 0.950 bits per heavy atom. The number of phenols is 1. The van der Waals surface area contributed by atoms with Gasteiger partial charge in [-0.25, -0.2) is 9.18 Å². The molecule has 40 heavy (non-hydrogen) atoms. The number of ether oxygens (including phenoxy) is 2. The predicted octanol–water partition coefficient (Wildman–Crippen LogP) is 5.81. The first-order chi connectivity index (χ1) is 18.5. The van der Waals surface area contributed by atoms with Gasteiger partial charge in [-0.05, 0) is 28.9 Å². The molecule has 1 aromatic heterocycles. The Hall–Kier alpha value is -3.43. The number of hydrogen-bond donors (Lipinski definition) is 1. The van der Waals surface area contributed by atoms with Crippen LogP contribution in [0.1, 0.15) is 96.6 Å². The third kappa shape index (κ3) is 8.53. The summed E-state index contributed by atoms with van der Waals surface area (Å²) in [7, 11) is 0. The van der Waals surface area contributed by atoms with Crippen molar-refractivity contribution in [2.75, 3.05) is 6.79 Å². The van der Waals surface area contributed by atoms with Crippen LogP contribution in [0.15, 0.2) is 29.5 Å². The second-order valence-corrected chi connectivity index (χ2v) is 12.1. The lowest BCUT2D eigenvalue weighted by molar-refractivity contribution is -0.148. The standard InChI is InChI=1S/C30H44FN3O6/c1-10-20(11-2)24(31)16-33-12-13-34(27(33)32-28(38)40-18-39-19(3)35)17-25(36)21-14-22(29(4,5)6)26(37)23(15-21)30(7,8)9/h12-15,20,24,37H,10-11,16-18H2,1-9H3. The molecule has 0 radical (unpaired) electrons. The van der Waals surface area contributed by atoms with E-state index in [1.54, 1.807) is 24.5 Å². The quantitative estimate of drug-likeness (QED) is 0.223. The minimum Gasteiger partial charge on any atom is -0.507 e. The Morgan fingerprint density at radius 2 is 1.48 bits per heavy atom. The summed E-state index contributed by atoms with van der Waals surface area (Å²) in [5.41, 5.74) is 0.880. The smallest absolute Gasteiger partial charge is 0.439 e. The van der Waals surface area contributed by atoms with Crippen molar-refractivity contribution in [3.05, 3.63) is 46.8 Å². The highest BCUT2D eigenvalue weighted by Crippen LogP contribution is 2.39. The number of hydrogen-bond acceptors (Lipinski definition) is 6. The highest BCUT2D eigenvalue weighted by Gasteiger charge is 2.28. The van der Waals surface area contributed by atoms with E-state index in [9.17, 15) is 19.5 Å². The van der Waals surface area contributed by atoms with Gasteiger partial charge >= 0.3 is 12.1 Å². The first kappa shape index (κ1) is 32.8. The molecule has 0 aliphatic heterocycles. The summed E-state index contributed by atoms with van der Waals surface area (Å²) in [5, 5.41) is 11.0. The van der Waals surface area contributed by atoms with Gasteiger partial charge in [0.1, 0.15) is 11.9 Å². The second kappa shape index (κ2) is 13.3. The molecule has 1 atom stereocenters. The topological polar surface area (TPSA) is 112 Å². The summed E-state index contributed by atoms with van der Waals surface area (Å²) < 4.78 is 27.5. The summed E-state index contributed by atoms with van der Waals surface area (Å²) in [6.07, 6.45) is 2.19. The van der Waals surface area contributed by atoms with Crippen LogP contribution in [0.4, 0.5) is 9.18 Å². The zero-order chi connectivity index (χ0) is 30.4. The van der Waals surface area contributed by atoms with Gasteiger partial charge in [0, 0.05) is 36.0 Å². The molecule has 2 rings (SSSR count). The monoisotopic (exact) mass is 561 g/mol. The van der Waals surface area contributed by atoms with Crippen molar-refractivity contribution in [1.82, 2.24) is 9.13 Å². The van der Waals surface area contributed by atoms with Gasteiger partial charge in [-0.1, -0.05) is 68.2 Å². The van der Waals surface area contributed by atoms with Crippen LogP contribution >= 0.6 is 0 Å². The fourth-order valence-electron chi connectivity index (χ4n) is 4.45. The fraction of sp³-hybridized carbons (Fsp3) is 0.600. The van der Waals surface area contributed by atoms with Crippen LogP contribution < -0.4 is 5.62 Å². The second-order valence-electron chi connectivity index (χ2n) is 12.1. The lowest BCUT2D eigenvalue weighted by Gasteiger charge is -2.28. The van der Waals surface area contributed by atoms with E-state index in [0.717, 1.165) is 0 Å². The fourth-order valence-corrected chi connectivity index (χ4v) is 4.45. The average Bonchev–Trinajstić information content (AvgIpc) is 3.18.